The minimum Gasteiger partial charge on any atom is -0.494 e. The van der Waals surface area contributed by atoms with Gasteiger partial charge >= 0.3 is 0 Å². The van der Waals surface area contributed by atoms with Crippen molar-refractivity contribution in [2.45, 2.75) is 25.8 Å². The van der Waals surface area contributed by atoms with Crippen LogP contribution in [0.4, 0.5) is 0 Å². The largest absolute Gasteiger partial charge is 0.494 e. The summed E-state index contributed by atoms with van der Waals surface area (Å²) in [6.45, 7) is 2.55. The molecule has 0 bridgehead atoms. The molecule has 2 rings (SSSR count). The van der Waals surface area contributed by atoms with Crippen molar-refractivity contribution in [3.8, 4) is 5.75 Å². The van der Waals surface area contributed by atoms with Crippen molar-refractivity contribution in [2.75, 3.05) is 6.61 Å². The number of nitrogens with two attached hydrogens (primary N) is 1. The lowest BCUT2D eigenvalue weighted by Crippen LogP contribution is -2.25. The average Bonchev–Trinajstić information content (AvgIpc) is 2.67. The van der Waals surface area contributed by atoms with Crippen LogP contribution < -0.4 is 10.5 Å². The van der Waals surface area contributed by atoms with Crippen LogP contribution in [0.3, 0.4) is 0 Å². The first kappa shape index (κ1) is 14.9. The highest BCUT2D eigenvalue weighted by Gasteiger charge is 2.14. The molecular weight excluding hydrogens is 274 g/mol. The maximum Gasteiger partial charge on any atom is 0.130 e. The molecule has 1 aromatic heterocycles. The van der Waals surface area contributed by atoms with Gasteiger partial charge in [0, 0.05) is 18.7 Å². The molecule has 1 aromatic carbocycles. The molecule has 20 heavy (non-hydrogen) atoms. The summed E-state index contributed by atoms with van der Waals surface area (Å²) in [5, 5.41) is 4.96. The Labute approximate surface area is 124 Å². The monoisotopic (exact) mass is 293 g/mol. The van der Waals surface area contributed by atoms with Gasteiger partial charge in [-0.2, -0.15) is 5.10 Å². The van der Waals surface area contributed by atoms with Gasteiger partial charge in [0.2, 0.25) is 0 Å². The van der Waals surface area contributed by atoms with Crippen LogP contribution in [-0.4, -0.2) is 22.4 Å². The molecule has 0 spiro atoms. The first-order valence-electron chi connectivity index (χ1n) is 6.69. The van der Waals surface area contributed by atoms with Gasteiger partial charge in [0.15, 0.2) is 0 Å². The summed E-state index contributed by atoms with van der Waals surface area (Å²) in [6.07, 6.45) is 1.50. The lowest BCUT2D eigenvalue weighted by Gasteiger charge is -2.12. The van der Waals surface area contributed by atoms with Crippen LogP contribution >= 0.6 is 11.6 Å². The minimum absolute atomic E-state index is 0.0131. The van der Waals surface area contributed by atoms with Crippen LogP contribution in [0.5, 0.6) is 5.75 Å². The van der Waals surface area contributed by atoms with E-state index in [0.717, 1.165) is 29.8 Å². The fraction of sp³-hybridized carbons (Fsp3) is 0.400. The summed E-state index contributed by atoms with van der Waals surface area (Å²) in [7, 11) is 1.84. The Hall–Kier alpha value is -1.52. The average molecular weight is 294 g/mol. The van der Waals surface area contributed by atoms with Gasteiger partial charge in [0.25, 0.3) is 0 Å². The summed E-state index contributed by atoms with van der Waals surface area (Å²) < 4.78 is 7.33. The lowest BCUT2D eigenvalue weighted by molar-refractivity contribution is 0.297. The first-order chi connectivity index (χ1) is 9.58. The molecule has 0 saturated heterocycles. The van der Waals surface area contributed by atoms with E-state index >= 15 is 0 Å². The number of halogens is 1. The smallest absolute Gasteiger partial charge is 0.130 e. The van der Waals surface area contributed by atoms with Crippen LogP contribution in [0.15, 0.2) is 30.3 Å². The Morgan fingerprint density at radius 1 is 1.35 bits per heavy atom. The van der Waals surface area contributed by atoms with Gasteiger partial charge in [-0.05, 0) is 31.9 Å². The molecule has 1 heterocycles. The third-order valence-electron chi connectivity index (χ3n) is 3.24. The van der Waals surface area contributed by atoms with Crippen molar-refractivity contribution in [1.82, 2.24) is 9.78 Å². The third kappa shape index (κ3) is 3.74. The molecule has 5 heteroatoms. The summed E-state index contributed by atoms with van der Waals surface area (Å²) in [4.78, 5) is 0. The van der Waals surface area contributed by atoms with Crippen molar-refractivity contribution in [3.05, 3.63) is 46.7 Å². The number of aromatic nitrogens is 2. The SMILES string of the molecule is Cc1nn(C)c(Cl)c1CC(N)CCOc1ccccc1. The predicted octanol–water partition coefficient (Wildman–Crippen LogP) is 2.72. The Balaban J connectivity index is 1.82. The zero-order valence-electron chi connectivity index (χ0n) is 11.8. The summed E-state index contributed by atoms with van der Waals surface area (Å²) in [5.41, 5.74) is 8.11. The number of rotatable bonds is 6. The topological polar surface area (TPSA) is 53.1 Å². The van der Waals surface area contributed by atoms with Gasteiger partial charge < -0.3 is 10.5 Å². The van der Waals surface area contributed by atoms with Crippen LogP contribution in [0.2, 0.25) is 5.15 Å². The van der Waals surface area contributed by atoms with Crippen molar-refractivity contribution in [3.63, 3.8) is 0 Å². The number of para-hydroxylation sites is 1. The molecule has 0 radical (unpaired) electrons. The molecule has 2 N–H and O–H groups in total. The summed E-state index contributed by atoms with van der Waals surface area (Å²) in [5.74, 6) is 0.871. The zero-order chi connectivity index (χ0) is 14.5. The van der Waals surface area contributed by atoms with Crippen molar-refractivity contribution in [1.29, 1.82) is 0 Å². The molecule has 0 aliphatic carbocycles. The predicted molar refractivity (Wildman–Crippen MR) is 81.2 cm³/mol. The number of benzene rings is 1. The minimum atomic E-state index is 0.0131. The van der Waals surface area contributed by atoms with Crippen LogP contribution in [0.1, 0.15) is 17.7 Å². The highest BCUT2D eigenvalue weighted by molar-refractivity contribution is 6.30. The molecule has 0 aliphatic rings. The van der Waals surface area contributed by atoms with Crippen LogP contribution in [0, 0.1) is 6.92 Å². The second-order valence-electron chi connectivity index (χ2n) is 4.89. The van der Waals surface area contributed by atoms with E-state index in [4.69, 9.17) is 22.1 Å². The van der Waals surface area contributed by atoms with Crippen molar-refractivity contribution < 1.29 is 4.74 Å². The molecule has 0 fully saturated rings. The van der Waals surface area contributed by atoms with Gasteiger partial charge in [-0.3, -0.25) is 4.68 Å². The Morgan fingerprint density at radius 3 is 2.65 bits per heavy atom. The number of nitrogens with zero attached hydrogens (tertiary/aromatic N) is 2. The standard InChI is InChI=1S/C15H20ClN3O/c1-11-14(15(16)19(2)18-11)10-12(17)8-9-20-13-6-4-3-5-7-13/h3-7,12H,8-10,17H2,1-2H3. The van der Waals surface area contributed by atoms with Crippen molar-refractivity contribution >= 4 is 11.6 Å². The van der Waals surface area contributed by atoms with E-state index in [1.807, 2.05) is 44.3 Å². The van der Waals surface area contributed by atoms with Crippen LogP contribution in [0.25, 0.3) is 0 Å². The summed E-state index contributed by atoms with van der Waals surface area (Å²) in [6, 6.07) is 9.76. The van der Waals surface area contributed by atoms with Crippen LogP contribution in [-0.2, 0) is 13.5 Å². The Bertz CT molecular complexity index is 554. The number of hydrogen-bond donors (Lipinski definition) is 1. The maximum absolute atomic E-state index is 6.20. The van der Waals surface area contributed by atoms with Crippen molar-refractivity contribution in [2.24, 2.45) is 12.8 Å². The van der Waals surface area contributed by atoms with E-state index in [1.165, 1.54) is 0 Å². The normalized spacial score (nSPS) is 12.4. The van der Waals surface area contributed by atoms with E-state index < -0.39 is 0 Å². The van der Waals surface area contributed by atoms with E-state index in [9.17, 15) is 0 Å². The Morgan fingerprint density at radius 2 is 2.05 bits per heavy atom. The molecule has 108 valence electrons. The third-order valence-corrected chi connectivity index (χ3v) is 3.71. The van der Waals surface area contributed by atoms with Gasteiger partial charge in [0.1, 0.15) is 10.9 Å². The molecule has 0 saturated carbocycles. The maximum atomic E-state index is 6.20. The fourth-order valence-corrected chi connectivity index (χ4v) is 2.37. The molecule has 0 amide bonds. The van der Waals surface area contributed by atoms with Gasteiger partial charge in [-0.1, -0.05) is 29.8 Å². The zero-order valence-corrected chi connectivity index (χ0v) is 12.6. The van der Waals surface area contributed by atoms with Gasteiger partial charge in [-0.25, -0.2) is 0 Å². The lowest BCUT2D eigenvalue weighted by atomic mass is 10.1. The molecule has 1 atom stereocenters. The van der Waals surface area contributed by atoms with Gasteiger partial charge in [-0.15, -0.1) is 0 Å². The summed E-state index contributed by atoms with van der Waals surface area (Å²) >= 11 is 6.20. The quantitative estimate of drug-likeness (QED) is 0.891. The molecule has 2 aromatic rings. The second kappa shape index (κ2) is 6.77. The highest BCUT2D eigenvalue weighted by atomic mass is 35.5. The molecule has 1 unspecified atom stereocenters. The van der Waals surface area contributed by atoms with E-state index in [-0.39, 0.29) is 6.04 Å². The van der Waals surface area contributed by atoms with E-state index in [0.29, 0.717) is 11.8 Å². The number of aryl methyl sites for hydroxylation is 2. The van der Waals surface area contributed by atoms with E-state index in [1.54, 1.807) is 4.68 Å². The fourth-order valence-electron chi connectivity index (χ4n) is 2.11. The first-order valence-corrected chi connectivity index (χ1v) is 7.07. The number of ether oxygens (including phenoxy) is 1. The number of hydrogen-bond acceptors (Lipinski definition) is 3. The van der Waals surface area contributed by atoms with E-state index in [2.05, 4.69) is 5.10 Å². The molecular formula is C15H20ClN3O. The molecule has 0 aliphatic heterocycles. The van der Waals surface area contributed by atoms with Gasteiger partial charge in [0.05, 0.1) is 12.3 Å². The Kier molecular flexibility index (Phi) is 5.04. The second-order valence-corrected chi connectivity index (χ2v) is 5.25. The molecule has 4 nitrogen and oxygen atoms in total. The highest BCUT2D eigenvalue weighted by Crippen LogP contribution is 2.20.